The molecule has 1 aliphatic heterocycles. The van der Waals surface area contributed by atoms with E-state index in [0.717, 1.165) is 23.7 Å². The third kappa shape index (κ3) is 3.31. The maximum Gasteiger partial charge on any atom is 0.335 e. The van der Waals surface area contributed by atoms with Crippen LogP contribution in [0.2, 0.25) is 0 Å². The molecule has 1 heterocycles. The highest BCUT2D eigenvalue weighted by Crippen LogP contribution is 2.33. The molecular formula is C11H16Br2O2. The third-order valence-corrected chi connectivity index (χ3v) is 3.91. The van der Waals surface area contributed by atoms with Crippen LogP contribution in [0.25, 0.3) is 0 Å². The second-order valence-electron chi connectivity index (χ2n) is 3.76. The second-order valence-corrected chi connectivity index (χ2v) is 4.87. The number of carbonyl (C=O) groups is 1. The first-order valence-electron chi connectivity index (χ1n) is 5.31. The van der Waals surface area contributed by atoms with E-state index in [2.05, 4.69) is 38.8 Å². The molecule has 1 saturated heterocycles. The Bertz CT molecular complexity index is 251. The molecule has 4 heteroatoms. The Morgan fingerprint density at radius 3 is 2.73 bits per heavy atom. The number of esters is 1. The summed E-state index contributed by atoms with van der Waals surface area (Å²) < 4.78 is 5.35. The zero-order valence-corrected chi connectivity index (χ0v) is 12.0. The molecule has 0 aromatic rings. The normalized spacial score (nSPS) is 28.5. The first-order valence-corrected chi connectivity index (χ1v) is 7.35. The monoisotopic (exact) mass is 338 g/mol. The van der Waals surface area contributed by atoms with E-state index in [1.807, 2.05) is 0 Å². The fourth-order valence-electron chi connectivity index (χ4n) is 1.80. The number of cyclic esters (lactones) is 1. The van der Waals surface area contributed by atoms with Gasteiger partial charge in [-0.15, -0.1) is 0 Å². The van der Waals surface area contributed by atoms with Gasteiger partial charge in [-0.25, -0.2) is 4.79 Å². The molecule has 0 unspecified atom stereocenters. The van der Waals surface area contributed by atoms with Crippen LogP contribution in [0.3, 0.4) is 0 Å². The number of alkyl halides is 1. The van der Waals surface area contributed by atoms with Crippen LogP contribution in [0.4, 0.5) is 0 Å². The molecule has 1 fully saturated rings. The van der Waals surface area contributed by atoms with Gasteiger partial charge in [-0.1, -0.05) is 51.6 Å². The summed E-state index contributed by atoms with van der Waals surface area (Å²) in [7, 11) is 0. The SMILES string of the molecule is CCCCC[C@@H]1OC(=O)/C(=C/Br)[C@H]1CBr. The lowest BCUT2D eigenvalue weighted by atomic mass is 9.95. The van der Waals surface area contributed by atoms with Crippen molar-refractivity contribution in [1.82, 2.24) is 0 Å². The highest BCUT2D eigenvalue weighted by atomic mass is 79.9. The van der Waals surface area contributed by atoms with Crippen LogP contribution in [-0.2, 0) is 9.53 Å². The number of rotatable bonds is 5. The van der Waals surface area contributed by atoms with Crippen molar-refractivity contribution < 1.29 is 9.53 Å². The Hall–Kier alpha value is 0.170. The van der Waals surface area contributed by atoms with E-state index in [4.69, 9.17) is 4.74 Å². The van der Waals surface area contributed by atoms with Crippen molar-refractivity contribution in [1.29, 1.82) is 0 Å². The van der Waals surface area contributed by atoms with Gasteiger partial charge in [-0.2, -0.15) is 0 Å². The first-order chi connectivity index (χ1) is 7.24. The van der Waals surface area contributed by atoms with Crippen molar-refractivity contribution in [3.8, 4) is 0 Å². The average Bonchev–Trinajstić information content (AvgIpc) is 2.54. The van der Waals surface area contributed by atoms with Crippen LogP contribution >= 0.6 is 31.9 Å². The Morgan fingerprint density at radius 2 is 2.20 bits per heavy atom. The molecule has 0 aromatic carbocycles. The Labute approximate surface area is 108 Å². The fourth-order valence-corrected chi connectivity index (χ4v) is 3.10. The molecule has 0 aliphatic carbocycles. The quantitative estimate of drug-likeness (QED) is 0.330. The number of hydrogen-bond acceptors (Lipinski definition) is 2. The lowest BCUT2D eigenvalue weighted by Crippen LogP contribution is -2.17. The van der Waals surface area contributed by atoms with E-state index in [1.54, 1.807) is 4.99 Å². The van der Waals surface area contributed by atoms with Crippen LogP contribution < -0.4 is 0 Å². The van der Waals surface area contributed by atoms with Crippen molar-refractivity contribution in [3.63, 3.8) is 0 Å². The Morgan fingerprint density at radius 1 is 1.47 bits per heavy atom. The molecule has 0 radical (unpaired) electrons. The van der Waals surface area contributed by atoms with Crippen LogP contribution in [0.15, 0.2) is 10.6 Å². The van der Waals surface area contributed by atoms with Crippen LogP contribution in [0, 0.1) is 5.92 Å². The van der Waals surface area contributed by atoms with Gasteiger partial charge < -0.3 is 4.74 Å². The minimum absolute atomic E-state index is 0.0622. The molecule has 0 amide bonds. The molecule has 86 valence electrons. The molecule has 0 spiro atoms. The second kappa shape index (κ2) is 6.69. The lowest BCUT2D eigenvalue weighted by molar-refractivity contribution is -0.139. The highest BCUT2D eigenvalue weighted by molar-refractivity contribution is 9.11. The summed E-state index contributed by atoms with van der Waals surface area (Å²) in [6.45, 7) is 2.17. The third-order valence-electron chi connectivity index (χ3n) is 2.72. The summed E-state index contributed by atoms with van der Waals surface area (Å²) in [5.41, 5.74) is 0.758. The van der Waals surface area contributed by atoms with Gasteiger partial charge in [0.25, 0.3) is 0 Å². The van der Waals surface area contributed by atoms with Crippen molar-refractivity contribution in [2.45, 2.75) is 38.7 Å². The molecule has 15 heavy (non-hydrogen) atoms. The molecule has 2 atom stereocenters. The summed E-state index contributed by atoms with van der Waals surface area (Å²) in [6, 6.07) is 0. The smallest absolute Gasteiger partial charge is 0.335 e. The van der Waals surface area contributed by atoms with Crippen molar-refractivity contribution in [2.24, 2.45) is 5.92 Å². The molecule has 2 nitrogen and oxygen atoms in total. The Kier molecular flexibility index (Phi) is 5.90. The minimum Gasteiger partial charge on any atom is -0.458 e. The molecule has 0 N–H and O–H groups in total. The molecule has 1 aliphatic rings. The minimum atomic E-state index is -0.169. The van der Waals surface area contributed by atoms with E-state index in [0.29, 0.717) is 0 Å². The summed E-state index contributed by atoms with van der Waals surface area (Å²) in [5.74, 6) is 0.0338. The average molecular weight is 340 g/mol. The largest absolute Gasteiger partial charge is 0.458 e. The van der Waals surface area contributed by atoms with E-state index < -0.39 is 0 Å². The van der Waals surface area contributed by atoms with E-state index in [9.17, 15) is 4.79 Å². The van der Waals surface area contributed by atoms with Crippen molar-refractivity contribution in [3.05, 3.63) is 10.6 Å². The van der Waals surface area contributed by atoms with Gasteiger partial charge in [-0.05, 0) is 17.8 Å². The zero-order chi connectivity index (χ0) is 11.3. The molecule has 0 bridgehead atoms. The van der Waals surface area contributed by atoms with E-state index in [1.165, 1.54) is 12.8 Å². The highest BCUT2D eigenvalue weighted by Gasteiger charge is 2.38. The first kappa shape index (κ1) is 13.2. The number of carbonyl (C=O) groups excluding carboxylic acids is 1. The van der Waals surface area contributed by atoms with E-state index >= 15 is 0 Å². The zero-order valence-electron chi connectivity index (χ0n) is 8.84. The van der Waals surface area contributed by atoms with Gasteiger partial charge in [0.2, 0.25) is 0 Å². The summed E-state index contributed by atoms with van der Waals surface area (Å²) in [5, 5.41) is 0.785. The Balaban J connectivity index is 2.55. The molecule has 1 rings (SSSR count). The number of halogens is 2. The maximum absolute atomic E-state index is 11.5. The summed E-state index contributed by atoms with van der Waals surface area (Å²) in [6.07, 6.45) is 4.57. The van der Waals surface area contributed by atoms with Crippen molar-refractivity contribution >= 4 is 37.8 Å². The number of unbranched alkanes of at least 4 members (excludes halogenated alkanes) is 2. The van der Waals surface area contributed by atoms with Crippen LogP contribution in [0.1, 0.15) is 32.6 Å². The maximum atomic E-state index is 11.5. The topological polar surface area (TPSA) is 26.3 Å². The predicted molar refractivity (Wildman–Crippen MR) is 68.3 cm³/mol. The number of hydrogen-bond donors (Lipinski definition) is 0. The van der Waals surface area contributed by atoms with Crippen LogP contribution in [-0.4, -0.2) is 17.4 Å². The van der Waals surface area contributed by atoms with E-state index in [-0.39, 0.29) is 18.0 Å². The molecule has 0 saturated carbocycles. The van der Waals surface area contributed by atoms with Gasteiger partial charge in [-0.3, -0.25) is 0 Å². The van der Waals surface area contributed by atoms with Crippen molar-refractivity contribution in [2.75, 3.05) is 5.33 Å². The van der Waals surface area contributed by atoms with Gasteiger partial charge in [0.05, 0.1) is 5.57 Å². The van der Waals surface area contributed by atoms with Gasteiger partial charge in [0, 0.05) is 11.2 Å². The summed E-state index contributed by atoms with van der Waals surface area (Å²) >= 11 is 6.66. The standard InChI is InChI=1S/C11H16Br2O2/c1-2-3-4-5-10-8(6-12)9(7-13)11(14)15-10/h7-8,10H,2-6H2,1H3/b9-7+/t8-,10+/m1/s1. The van der Waals surface area contributed by atoms with Gasteiger partial charge >= 0.3 is 5.97 Å². The number of ether oxygens (including phenoxy) is 1. The summed E-state index contributed by atoms with van der Waals surface area (Å²) in [4.78, 5) is 13.2. The molecular weight excluding hydrogens is 324 g/mol. The fraction of sp³-hybridized carbons (Fsp3) is 0.727. The van der Waals surface area contributed by atoms with Gasteiger partial charge in [0.15, 0.2) is 0 Å². The van der Waals surface area contributed by atoms with Crippen LogP contribution in [0.5, 0.6) is 0 Å². The van der Waals surface area contributed by atoms with Gasteiger partial charge in [0.1, 0.15) is 6.10 Å². The predicted octanol–water partition coefficient (Wildman–Crippen LogP) is 3.78. The molecule has 0 aromatic heterocycles. The lowest BCUT2D eigenvalue weighted by Gasteiger charge is -2.14.